The van der Waals surface area contributed by atoms with Gasteiger partial charge in [-0.15, -0.1) is 0 Å². The third-order valence-corrected chi connectivity index (χ3v) is 4.59. The molecule has 3 rings (SSSR count). The highest BCUT2D eigenvalue weighted by Gasteiger charge is 2.18. The molecule has 0 aliphatic carbocycles. The van der Waals surface area contributed by atoms with Crippen molar-refractivity contribution in [2.75, 3.05) is 11.9 Å². The van der Waals surface area contributed by atoms with Crippen LogP contribution in [0.15, 0.2) is 42.7 Å². The molecule has 0 spiro atoms. The van der Waals surface area contributed by atoms with Crippen LogP contribution in [0.4, 0.5) is 5.69 Å². The van der Waals surface area contributed by atoms with Crippen LogP contribution in [-0.4, -0.2) is 28.2 Å². The SMILES string of the molecule is N#CCCN(Cc1cccnc1)C(=O)CCCc1ccc2c(c1)CC(=O)N2. The Kier molecular flexibility index (Phi) is 6.16. The molecule has 0 radical (unpaired) electrons. The summed E-state index contributed by atoms with van der Waals surface area (Å²) in [5.74, 6) is 0.0768. The average molecular weight is 362 g/mol. The molecule has 6 heteroatoms. The molecular weight excluding hydrogens is 340 g/mol. The fraction of sp³-hybridized carbons (Fsp3) is 0.333. The van der Waals surface area contributed by atoms with Crippen molar-refractivity contribution in [3.63, 3.8) is 0 Å². The van der Waals surface area contributed by atoms with Gasteiger partial charge in [0.1, 0.15) is 0 Å². The largest absolute Gasteiger partial charge is 0.337 e. The molecule has 0 saturated heterocycles. The van der Waals surface area contributed by atoms with Gasteiger partial charge in [-0.1, -0.05) is 18.2 Å². The maximum absolute atomic E-state index is 12.6. The van der Waals surface area contributed by atoms with E-state index in [1.54, 1.807) is 17.3 Å². The van der Waals surface area contributed by atoms with Gasteiger partial charge in [0.05, 0.1) is 18.9 Å². The first kappa shape index (κ1) is 18.6. The number of aryl methyl sites for hydroxylation is 1. The van der Waals surface area contributed by atoms with E-state index in [9.17, 15) is 9.59 Å². The number of nitrogens with one attached hydrogen (secondary N) is 1. The number of fused-ring (bicyclic) bond motifs is 1. The molecule has 2 aromatic rings. The number of benzene rings is 1. The molecule has 27 heavy (non-hydrogen) atoms. The minimum Gasteiger partial charge on any atom is -0.337 e. The Morgan fingerprint density at radius 3 is 2.96 bits per heavy atom. The zero-order valence-corrected chi connectivity index (χ0v) is 15.1. The van der Waals surface area contributed by atoms with Gasteiger partial charge < -0.3 is 10.2 Å². The summed E-state index contributed by atoms with van der Waals surface area (Å²) in [6.45, 7) is 0.901. The van der Waals surface area contributed by atoms with Gasteiger partial charge >= 0.3 is 0 Å². The summed E-state index contributed by atoms with van der Waals surface area (Å²) in [7, 11) is 0. The maximum atomic E-state index is 12.6. The molecule has 1 aliphatic heterocycles. The maximum Gasteiger partial charge on any atom is 0.228 e. The van der Waals surface area contributed by atoms with E-state index < -0.39 is 0 Å². The first-order valence-corrected chi connectivity index (χ1v) is 9.11. The lowest BCUT2D eigenvalue weighted by Crippen LogP contribution is -2.31. The van der Waals surface area contributed by atoms with Crippen molar-refractivity contribution in [1.29, 1.82) is 5.26 Å². The summed E-state index contributed by atoms with van der Waals surface area (Å²) in [4.78, 5) is 29.9. The van der Waals surface area contributed by atoms with Crippen LogP contribution >= 0.6 is 0 Å². The lowest BCUT2D eigenvalue weighted by molar-refractivity contribution is -0.131. The number of nitriles is 1. The third kappa shape index (κ3) is 5.14. The van der Waals surface area contributed by atoms with E-state index in [0.717, 1.165) is 35.2 Å². The van der Waals surface area contributed by atoms with Gasteiger partial charge in [-0.05, 0) is 41.7 Å². The van der Waals surface area contributed by atoms with Crippen LogP contribution in [0.5, 0.6) is 0 Å². The predicted octanol–water partition coefficient (Wildman–Crippen LogP) is 2.84. The quantitative estimate of drug-likeness (QED) is 0.782. The summed E-state index contributed by atoms with van der Waals surface area (Å²) in [6.07, 6.45) is 6.13. The Labute approximate surface area is 158 Å². The van der Waals surface area contributed by atoms with Crippen LogP contribution < -0.4 is 5.32 Å². The van der Waals surface area contributed by atoms with E-state index in [-0.39, 0.29) is 11.8 Å². The second-order valence-corrected chi connectivity index (χ2v) is 6.65. The second kappa shape index (κ2) is 8.95. The monoisotopic (exact) mass is 362 g/mol. The van der Waals surface area contributed by atoms with E-state index in [0.29, 0.717) is 32.4 Å². The summed E-state index contributed by atoms with van der Waals surface area (Å²) in [5.41, 5.74) is 4.00. The van der Waals surface area contributed by atoms with Crippen molar-refractivity contribution in [2.24, 2.45) is 0 Å². The van der Waals surface area contributed by atoms with Crippen LogP contribution in [0.2, 0.25) is 0 Å². The minimum absolute atomic E-state index is 0.0286. The number of amides is 2. The third-order valence-electron chi connectivity index (χ3n) is 4.59. The van der Waals surface area contributed by atoms with E-state index in [1.807, 2.05) is 30.3 Å². The number of aromatic nitrogens is 1. The van der Waals surface area contributed by atoms with Crippen LogP contribution in [0.25, 0.3) is 0 Å². The van der Waals surface area contributed by atoms with Gasteiger partial charge in [-0.25, -0.2) is 0 Å². The van der Waals surface area contributed by atoms with Crippen molar-refractivity contribution < 1.29 is 9.59 Å². The molecule has 1 aliphatic rings. The Morgan fingerprint density at radius 1 is 1.30 bits per heavy atom. The Hall–Kier alpha value is -3.20. The molecule has 0 atom stereocenters. The van der Waals surface area contributed by atoms with Crippen molar-refractivity contribution >= 4 is 17.5 Å². The van der Waals surface area contributed by atoms with Crippen molar-refractivity contribution in [3.05, 3.63) is 59.4 Å². The van der Waals surface area contributed by atoms with Crippen molar-refractivity contribution in [3.8, 4) is 6.07 Å². The molecule has 0 fully saturated rings. The Morgan fingerprint density at radius 2 is 2.19 bits per heavy atom. The topological polar surface area (TPSA) is 86.1 Å². The van der Waals surface area contributed by atoms with Gasteiger partial charge in [0.2, 0.25) is 11.8 Å². The van der Waals surface area contributed by atoms with E-state index in [4.69, 9.17) is 5.26 Å². The number of hydrogen-bond acceptors (Lipinski definition) is 4. The van der Waals surface area contributed by atoms with Crippen LogP contribution in [0, 0.1) is 11.3 Å². The lowest BCUT2D eigenvalue weighted by atomic mass is 10.0. The molecule has 1 aromatic carbocycles. The fourth-order valence-corrected chi connectivity index (χ4v) is 3.23. The molecule has 2 amide bonds. The summed E-state index contributed by atoms with van der Waals surface area (Å²) in [6, 6.07) is 11.8. The van der Waals surface area contributed by atoms with Crippen LogP contribution in [0.1, 0.15) is 36.0 Å². The summed E-state index contributed by atoms with van der Waals surface area (Å²) >= 11 is 0. The molecular formula is C21H22N4O2. The summed E-state index contributed by atoms with van der Waals surface area (Å²) in [5, 5.41) is 11.7. The predicted molar refractivity (Wildman–Crippen MR) is 102 cm³/mol. The normalized spacial score (nSPS) is 12.2. The number of nitrogens with zero attached hydrogens (tertiary/aromatic N) is 3. The van der Waals surface area contributed by atoms with E-state index >= 15 is 0 Å². The molecule has 1 N–H and O–H groups in total. The van der Waals surface area contributed by atoms with Gasteiger partial charge in [0.25, 0.3) is 0 Å². The molecule has 6 nitrogen and oxygen atoms in total. The van der Waals surface area contributed by atoms with Gasteiger partial charge in [0, 0.05) is 37.6 Å². The van der Waals surface area contributed by atoms with Crippen LogP contribution in [-0.2, 0) is 29.0 Å². The van der Waals surface area contributed by atoms with Crippen molar-refractivity contribution in [1.82, 2.24) is 9.88 Å². The second-order valence-electron chi connectivity index (χ2n) is 6.65. The molecule has 0 unspecified atom stereocenters. The standard InChI is InChI=1S/C21H22N4O2/c22-9-3-11-25(15-17-5-2-10-23-14-17)21(27)6-1-4-16-7-8-19-18(12-16)13-20(26)24-19/h2,5,7-8,10,12,14H,1,3-4,6,11,13,15H2,(H,24,26). The smallest absolute Gasteiger partial charge is 0.228 e. The molecule has 1 aromatic heterocycles. The first-order valence-electron chi connectivity index (χ1n) is 9.11. The van der Waals surface area contributed by atoms with Gasteiger partial charge in [0.15, 0.2) is 0 Å². The Bertz CT molecular complexity index is 858. The highest BCUT2D eigenvalue weighted by molar-refractivity contribution is 5.99. The highest BCUT2D eigenvalue weighted by Crippen LogP contribution is 2.24. The fourth-order valence-electron chi connectivity index (χ4n) is 3.23. The molecule has 0 saturated carbocycles. The number of rotatable bonds is 8. The lowest BCUT2D eigenvalue weighted by Gasteiger charge is -2.21. The number of pyridine rings is 1. The highest BCUT2D eigenvalue weighted by atomic mass is 16.2. The van der Waals surface area contributed by atoms with Crippen LogP contribution in [0.3, 0.4) is 0 Å². The molecule has 0 bridgehead atoms. The minimum atomic E-state index is 0.0286. The first-order chi connectivity index (χ1) is 13.2. The zero-order chi connectivity index (χ0) is 19.1. The number of hydrogen-bond donors (Lipinski definition) is 1. The van der Waals surface area contributed by atoms with E-state index in [2.05, 4.69) is 16.4 Å². The van der Waals surface area contributed by atoms with Gasteiger partial charge in [-0.3, -0.25) is 14.6 Å². The van der Waals surface area contributed by atoms with Crippen molar-refractivity contribution in [2.45, 2.75) is 38.6 Å². The van der Waals surface area contributed by atoms with E-state index in [1.165, 1.54) is 0 Å². The number of anilines is 1. The number of carbonyl (C=O) groups is 2. The number of carbonyl (C=O) groups excluding carboxylic acids is 2. The van der Waals surface area contributed by atoms with Gasteiger partial charge in [-0.2, -0.15) is 5.26 Å². The molecule has 2 heterocycles. The summed E-state index contributed by atoms with van der Waals surface area (Å²) < 4.78 is 0. The Balaban J connectivity index is 1.53. The zero-order valence-electron chi connectivity index (χ0n) is 15.1. The molecule has 138 valence electrons. The average Bonchev–Trinajstić information content (AvgIpc) is 3.05.